The average molecular weight is 778 g/mol. The molecule has 0 bridgehead atoms. The minimum atomic E-state index is 0.676. The van der Waals surface area contributed by atoms with Gasteiger partial charge in [-0.3, -0.25) is 4.57 Å². The fraction of sp³-hybridized carbons (Fsp3) is 0.0377. The average Bonchev–Trinajstić information content (AvgIpc) is 3.89. The van der Waals surface area contributed by atoms with Gasteiger partial charge in [-0.2, -0.15) is 0 Å². The number of fused-ring (bicyclic) bond motifs is 5. The normalized spacial score (nSPS) is 11.9. The lowest BCUT2D eigenvalue weighted by molar-refractivity contribution is 1.05. The second-order valence-corrected chi connectivity index (χ2v) is 15.5. The van der Waals surface area contributed by atoms with Crippen molar-refractivity contribution >= 4 is 54.7 Å². The van der Waals surface area contributed by atoms with Crippen LogP contribution >= 0.6 is 11.3 Å². The number of thiazole rings is 1. The molecule has 7 aromatic carbocycles. The van der Waals surface area contributed by atoms with E-state index >= 15 is 0 Å². The van der Waals surface area contributed by atoms with Crippen LogP contribution in [-0.2, 0) is 0 Å². The Morgan fingerprint density at radius 2 is 1.19 bits per heavy atom. The van der Waals surface area contributed by atoms with Crippen molar-refractivity contribution in [2.45, 2.75) is 13.8 Å². The first-order valence-corrected chi connectivity index (χ1v) is 20.6. The number of benzene rings is 7. The lowest BCUT2D eigenvalue weighted by atomic mass is 10.0. The third-order valence-electron chi connectivity index (χ3n) is 10.7. The third kappa shape index (κ3) is 6.79. The number of anilines is 2. The number of aromatic nitrogens is 4. The maximum absolute atomic E-state index is 5.33. The summed E-state index contributed by atoms with van der Waals surface area (Å²) in [7, 11) is 0. The molecule has 6 heteroatoms. The molecule has 0 unspecified atom stereocenters. The zero-order chi connectivity index (χ0) is 39.7. The summed E-state index contributed by atoms with van der Waals surface area (Å²) in [4.78, 5) is 17.9. The van der Waals surface area contributed by atoms with E-state index in [1.807, 2.05) is 37.3 Å². The van der Waals surface area contributed by atoms with Gasteiger partial charge in [0.2, 0.25) is 0 Å². The second kappa shape index (κ2) is 15.5. The first kappa shape index (κ1) is 36.0. The minimum Gasteiger partial charge on any atom is -0.315 e. The minimum absolute atomic E-state index is 0.676. The molecule has 10 rings (SSSR count). The van der Waals surface area contributed by atoms with Gasteiger partial charge in [0.05, 0.1) is 26.9 Å². The maximum atomic E-state index is 5.33. The van der Waals surface area contributed by atoms with Crippen LogP contribution in [0.15, 0.2) is 206 Å². The Balaban J connectivity index is 1.18. The summed E-state index contributed by atoms with van der Waals surface area (Å²) in [6, 6.07) is 63.8. The van der Waals surface area contributed by atoms with E-state index in [4.69, 9.17) is 15.0 Å². The largest absolute Gasteiger partial charge is 0.315 e. The molecule has 0 amide bonds. The van der Waals surface area contributed by atoms with E-state index in [0.29, 0.717) is 5.82 Å². The number of hydrogen-bond acceptors (Lipinski definition) is 5. The van der Waals surface area contributed by atoms with Gasteiger partial charge >= 0.3 is 0 Å². The van der Waals surface area contributed by atoms with E-state index in [0.717, 1.165) is 93.4 Å². The fourth-order valence-electron chi connectivity index (χ4n) is 7.87. The Bertz CT molecular complexity index is 3090. The molecule has 5 nitrogen and oxygen atoms in total. The van der Waals surface area contributed by atoms with E-state index in [-0.39, 0.29) is 0 Å². The summed E-state index contributed by atoms with van der Waals surface area (Å²) >= 11 is 1.73. The molecular weight excluding hydrogens is 739 g/mol. The van der Waals surface area contributed by atoms with Gasteiger partial charge in [0, 0.05) is 50.6 Å². The van der Waals surface area contributed by atoms with Crippen molar-refractivity contribution in [3.05, 3.63) is 206 Å². The Morgan fingerprint density at radius 1 is 0.559 bits per heavy atom. The smallest absolute Gasteiger partial charge is 0.162 e. The zero-order valence-corrected chi connectivity index (χ0v) is 33.5. The highest BCUT2D eigenvalue weighted by atomic mass is 32.1. The highest BCUT2D eigenvalue weighted by Gasteiger charge is 2.21. The van der Waals surface area contributed by atoms with Gasteiger partial charge in [0.25, 0.3) is 0 Å². The van der Waals surface area contributed by atoms with Gasteiger partial charge in [0.15, 0.2) is 5.82 Å². The van der Waals surface area contributed by atoms with Crippen LogP contribution in [0.1, 0.15) is 13.8 Å². The SMILES string of the molecule is C/C=C\C=C(/C)N(c1ccccc1)c1ccc(-c2ccc3c(c2)c2ccc4nc(-c5ccccc5)sc4c2n3-c2cc(-c3ccccc3)nc(-c3ccccc3)n2)cc1. The van der Waals surface area contributed by atoms with Crippen molar-refractivity contribution in [1.29, 1.82) is 0 Å². The van der Waals surface area contributed by atoms with E-state index in [2.05, 4.69) is 186 Å². The molecule has 0 aliphatic carbocycles. The molecule has 0 fully saturated rings. The maximum Gasteiger partial charge on any atom is 0.162 e. The molecule has 0 spiro atoms. The van der Waals surface area contributed by atoms with Gasteiger partial charge in [0.1, 0.15) is 10.8 Å². The van der Waals surface area contributed by atoms with Crippen LogP contribution in [0.4, 0.5) is 11.4 Å². The predicted molar refractivity (Wildman–Crippen MR) is 248 cm³/mol. The number of allylic oxidation sites excluding steroid dienone is 4. The number of para-hydroxylation sites is 1. The number of hydrogen-bond donors (Lipinski definition) is 0. The molecule has 0 atom stereocenters. The Morgan fingerprint density at radius 3 is 1.88 bits per heavy atom. The monoisotopic (exact) mass is 777 g/mol. The molecule has 0 radical (unpaired) electrons. The standard InChI is InChI=1S/C53H39N5S/c1-3-4-17-36(2)57(42-24-15-8-16-25-42)43-29-26-37(27-30-43)41-28-33-48-45(34-41)44-31-32-46-51(59-53(55-46)40-22-13-7-14-23-40)50(44)58(48)49-35-47(38-18-9-5-10-19-38)54-52(56-49)39-20-11-6-12-21-39/h3-35H,1-2H3/b4-3-,36-17+. The quantitative estimate of drug-likeness (QED) is 0.137. The van der Waals surface area contributed by atoms with Gasteiger partial charge in [-0.1, -0.05) is 140 Å². The summed E-state index contributed by atoms with van der Waals surface area (Å²) < 4.78 is 3.44. The molecule has 0 N–H and O–H groups in total. The molecule has 3 heterocycles. The summed E-state index contributed by atoms with van der Waals surface area (Å²) in [5.74, 6) is 1.48. The Labute approximate surface area is 347 Å². The molecule has 0 aliphatic heterocycles. The van der Waals surface area contributed by atoms with Crippen molar-refractivity contribution in [3.63, 3.8) is 0 Å². The van der Waals surface area contributed by atoms with Crippen molar-refractivity contribution in [2.75, 3.05) is 4.90 Å². The van der Waals surface area contributed by atoms with E-state index in [9.17, 15) is 0 Å². The third-order valence-corrected chi connectivity index (χ3v) is 11.8. The molecule has 0 aliphatic rings. The summed E-state index contributed by atoms with van der Waals surface area (Å²) in [6.07, 6.45) is 6.29. The molecule has 59 heavy (non-hydrogen) atoms. The molecular formula is C53H39N5S. The molecule has 10 aromatic rings. The second-order valence-electron chi connectivity index (χ2n) is 14.5. The van der Waals surface area contributed by atoms with Gasteiger partial charge in [-0.15, -0.1) is 11.3 Å². The topological polar surface area (TPSA) is 46.8 Å². The summed E-state index contributed by atoms with van der Waals surface area (Å²) in [5, 5.41) is 3.29. The highest BCUT2D eigenvalue weighted by Crippen LogP contribution is 2.42. The first-order chi connectivity index (χ1) is 29.1. The van der Waals surface area contributed by atoms with Crippen molar-refractivity contribution in [2.24, 2.45) is 0 Å². The van der Waals surface area contributed by atoms with Gasteiger partial charge < -0.3 is 4.90 Å². The van der Waals surface area contributed by atoms with E-state index in [1.165, 1.54) is 0 Å². The first-order valence-electron chi connectivity index (χ1n) is 19.8. The van der Waals surface area contributed by atoms with E-state index in [1.54, 1.807) is 11.3 Å². The van der Waals surface area contributed by atoms with Crippen LogP contribution in [0.25, 0.3) is 82.2 Å². The Kier molecular flexibility index (Phi) is 9.45. The summed E-state index contributed by atoms with van der Waals surface area (Å²) in [6.45, 7) is 4.19. The molecule has 0 saturated heterocycles. The zero-order valence-electron chi connectivity index (χ0n) is 32.7. The Hall–Kier alpha value is -7.41. The number of rotatable bonds is 9. The van der Waals surface area contributed by atoms with Crippen molar-refractivity contribution < 1.29 is 0 Å². The lowest BCUT2D eigenvalue weighted by Crippen LogP contribution is -2.14. The molecule has 3 aromatic heterocycles. The van der Waals surface area contributed by atoms with E-state index < -0.39 is 0 Å². The van der Waals surface area contributed by atoms with Crippen molar-refractivity contribution in [1.82, 2.24) is 19.5 Å². The van der Waals surface area contributed by atoms with Crippen LogP contribution in [0.2, 0.25) is 0 Å². The van der Waals surface area contributed by atoms with Crippen molar-refractivity contribution in [3.8, 4) is 50.2 Å². The van der Waals surface area contributed by atoms with Crippen LogP contribution in [0.5, 0.6) is 0 Å². The van der Waals surface area contributed by atoms with Crippen LogP contribution in [-0.4, -0.2) is 19.5 Å². The van der Waals surface area contributed by atoms with Crippen LogP contribution in [0.3, 0.4) is 0 Å². The van der Waals surface area contributed by atoms with Crippen LogP contribution < -0.4 is 4.90 Å². The molecule has 282 valence electrons. The lowest BCUT2D eigenvalue weighted by Gasteiger charge is -2.26. The summed E-state index contributed by atoms with van der Waals surface area (Å²) in [5.41, 5.74) is 12.7. The highest BCUT2D eigenvalue weighted by molar-refractivity contribution is 7.22. The van der Waals surface area contributed by atoms with Crippen LogP contribution in [0, 0.1) is 0 Å². The number of nitrogens with zero attached hydrogens (tertiary/aromatic N) is 5. The fourth-order valence-corrected chi connectivity index (χ4v) is 8.98. The van der Waals surface area contributed by atoms with Gasteiger partial charge in [-0.05, 0) is 79.6 Å². The molecule has 0 saturated carbocycles. The van der Waals surface area contributed by atoms with Gasteiger partial charge in [-0.25, -0.2) is 15.0 Å². The predicted octanol–water partition coefficient (Wildman–Crippen LogP) is 14.5.